The zero-order chi connectivity index (χ0) is 20.5. The molecule has 1 aliphatic rings. The Morgan fingerprint density at radius 1 is 0.500 bits per heavy atom. The van der Waals surface area contributed by atoms with Crippen molar-refractivity contribution in [2.75, 3.05) is 23.9 Å². The van der Waals surface area contributed by atoms with E-state index in [0.717, 1.165) is 13.1 Å². The molecule has 2 nitrogen and oxygen atoms in total. The van der Waals surface area contributed by atoms with Crippen LogP contribution in [0.5, 0.6) is 0 Å². The smallest absolute Gasteiger partial charge is 0.0446 e. The van der Waals surface area contributed by atoms with Gasteiger partial charge in [-0.2, -0.15) is 0 Å². The van der Waals surface area contributed by atoms with Gasteiger partial charge in [0.2, 0.25) is 0 Å². The van der Waals surface area contributed by atoms with Crippen LogP contribution in [0.25, 0.3) is 22.3 Å². The van der Waals surface area contributed by atoms with Crippen LogP contribution in [-0.4, -0.2) is 14.1 Å². The lowest BCUT2D eigenvalue weighted by Crippen LogP contribution is -2.18. The van der Waals surface area contributed by atoms with E-state index < -0.39 is 0 Å². The predicted molar refractivity (Wildman–Crippen MR) is 128 cm³/mol. The van der Waals surface area contributed by atoms with Crippen molar-refractivity contribution in [2.24, 2.45) is 0 Å². The molecule has 0 fully saturated rings. The first kappa shape index (κ1) is 18.5. The Morgan fingerprint density at radius 3 is 1.40 bits per heavy atom. The Morgan fingerprint density at radius 2 is 0.933 bits per heavy atom. The lowest BCUT2D eigenvalue weighted by molar-refractivity contribution is 0.918. The minimum absolute atomic E-state index is 0.864. The summed E-state index contributed by atoms with van der Waals surface area (Å²) in [7, 11) is 4.37. The Hall–Kier alpha value is -3.52. The Bertz CT molecular complexity index is 1100. The molecule has 0 spiro atoms. The van der Waals surface area contributed by atoms with Crippen LogP contribution in [0.2, 0.25) is 0 Å². The van der Waals surface area contributed by atoms with Crippen LogP contribution in [0, 0.1) is 0 Å². The minimum Gasteiger partial charge on any atom is -0.370 e. The molecule has 148 valence electrons. The van der Waals surface area contributed by atoms with E-state index in [0.29, 0.717) is 0 Å². The van der Waals surface area contributed by atoms with E-state index in [-0.39, 0.29) is 0 Å². The number of para-hydroxylation sites is 2. The summed E-state index contributed by atoms with van der Waals surface area (Å²) in [4.78, 5) is 4.70. The molecule has 1 aliphatic heterocycles. The van der Waals surface area contributed by atoms with E-state index in [1.807, 2.05) is 0 Å². The predicted octanol–water partition coefficient (Wildman–Crippen LogP) is 6.61. The number of benzene rings is 4. The highest BCUT2D eigenvalue weighted by Crippen LogP contribution is 2.35. The number of hydrogen-bond acceptors (Lipinski definition) is 2. The van der Waals surface area contributed by atoms with Gasteiger partial charge in [0.25, 0.3) is 0 Å². The number of rotatable bonds is 0. The van der Waals surface area contributed by atoms with Crippen molar-refractivity contribution >= 4 is 11.4 Å². The fourth-order valence-electron chi connectivity index (χ4n) is 4.49. The van der Waals surface area contributed by atoms with Gasteiger partial charge in [-0.25, -0.2) is 0 Å². The molecule has 0 atom stereocenters. The molecule has 4 aromatic carbocycles. The first-order valence-corrected chi connectivity index (χ1v) is 10.5. The summed E-state index contributed by atoms with van der Waals surface area (Å²) >= 11 is 0. The summed E-state index contributed by atoms with van der Waals surface area (Å²) < 4.78 is 0. The fraction of sp³-hybridized carbons (Fsp3) is 0.143. The first-order chi connectivity index (χ1) is 14.7. The maximum Gasteiger partial charge on any atom is 0.0446 e. The van der Waals surface area contributed by atoms with Crippen LogP contribution >= 0.6 is 0 Å². The highest BCUT2D eigenvalue weighted by Gasteiger charge is 2.14. The highest BCUT2D eigenvalue weighted by atomic mass is 15.1. The van der Waals surface area contributed by atoms with E-state index in [1.165, 1.54) is 44.8 Å². The molecule has 30 heavy (non-hydrogen) atoms. The van der Waals surface area contributed by atoms with Gasteiger partial charge in [-0.1, -0.05) is 72.8 Å². The Balaban J connectivity index is 1.71. The van der Waals surface area contributed by atoms with Crippen molar-refractivity contribution in [2.45, 2.75) is 13.1 Å². The van der Waals surface area contributed by atoms with Gasteiger partial charge in [-0.15, -0.1) is 0 Å². The van der Waals surface area contributed by atoms with Crippen LogP contribution in [0.1, 0.15) is 11.1 Å². The van der Waals surface area contributed by atoms with Gasteiger partial charge in [-0.3, -0.25) is 0 Å². The van der Waals surface area contributed by atoms with Gasteiger partial charge in [0.05, 0.1) is 0 Å². The van der Waals surface area contributed by atoms with Crippen LogP contribution in [0.4, 0.5) is 11.4 Å². The average Bonchev–Trinajstić information content (AvgIpc) is 2.79. The zero-order valence-corrected chi connectivity index (χ0v) is 17.5. The second-order valence-electron chi connectivity index (χ2n) is 8.15. The molecular formula is C28H26N2. The van der Waals surface area contributed by atoms with Crippen molar-refractivity contribution in [1.82, 2.24) is 0 Å². The first-order valence-electron chi connectivity index (χ1n) is 10.5. The molecule has 4 bridgehead atoms. The molecular weight excluding hydrogens is 364 g/mol. The van der Waals surface area contributed by atoms with Gasteiger partial charge in [0.1, 0.15) is 0 Å². The second-order valence-corrected chi connectivity index (χ2v) is 8.15. The summed E-state index contributed by atoms with van der Waals surface area (Å²) in [6.45, 7) is 1.73. The molecule has 0 saturated carbocycles. The summed E-state index contributed by atoms with van der Waals surface area (Å²) in [6.07, 6.45) is 0. The van der Waals surface area contributed by atoms with Crippen molar-refractivity contribution < 1.29 is 0 Å². The van der Waals surface area contributed by atoms with E-state index in [4.69, 9.17) is 0 Å². The van der Waals surface area contributed by atoms with Gasteiger partial charge in [0, 0.05) is 49.7 Å². The summed E-state index contributed by atoms with van der Waals surface area (Å²) in [5.74, 6) is 0. The number of nitrogens with zero attached hydrogens (tertiary/aromatic N) is 2. The van der Waals surface area contributed by atoms with Crippen molar-refractivity contribution in [1.29, 1.82) is 0 Å². The normalized spacial score (nSPS) is 13.3. The van der Waals surface area contributed by atoms with Crippen molar-refractivity contribution in [3.63, 3.8) is 0 Å². The summed E-state index contributed by atoms with van der Waals surface area (Å²) in [5.41, 5.74) is 10.2. The number of fused-ring (bicyclic) bond motifs is 8. The SMILES string of the molecule is CN1Cc2cccc(c2)-c2ccccc2N(C)Cc2cccc(c2)-c2ccccc21. The molecule has 0 amide bonds. The molecule has 1 heterocycles. The monoisotopic (exact) mass is 390 g/mol. The number of hydrogen-bond donors (Lipinski definition) is 0. The van der Waals surface area contributed by atoms with E-state index in [1.54, 1.807) is 0 Å². The van der Waals surface area contributed by atoms with Crippen molar-refractivity contribution in [3.05, 3.63) is 108 Å². The van der Waals surface area contributed by atoms with Crippen LogP contribution in [0.15, 0.2) is 97.1 Å². The third kappa shape index (κ3) is 3.46. The largest absolute Gasteiger partial charge is 0.370 e. The number of anilines is 2. The van der Waals surface area contributed by atoms with Crippen LogP contribution in [-0.2, 0) is 13.1 Å². The second kappa shape index (κ2) is 7.72. The summed E-state index contributed by atoms with van der Waals surface area (Å²) in [5, 5.41) is 0. The molecule has 5 rings (SSSR count). The zero-order valence-electron chi connectivity index (χ0n) is 17.5. The quantitative estimate of drug-likeness (QED) is 0.333. The Kier molecular flexibility index (Phi) is 4.76. The van der Waals surface area contributed by atoms with Crippen LogP contribution < -0.4 is 9.80 Å². The molecule has 0 N–H and O–H groups in total. The minimum atomic E-state index is 0.864. The maximum atomic E-state index is 2.35. The molecule has 0 aromatic heterocycles. The fourth-order valence-corrected chi connectivity index (χ4v) is 4.49. The standard InChI is InChI=1S/C28H26N2/c1-29-19-21-9-7-12-24(17-21)26-14-4-6-16-28(26)30(2)20-22-10-8-11-23(18-22)25-13-3-5-15-27(25)29/h3-18H,19-20H2,1-2H3. The molecule has 4 aromatic rings. The molecule has 0 saturated heterocycles. The van der Waals surface area contributed by atoms with Gasteiger partial charge < -0.3 is 9.80 Å². The van der Waals surface area contributed by atoms with Gasteiger partial charge in [-0.05, 0) is 46.5 Å². The van der Waals surface area contributed by atoms with E-state index in [9.17, 15) is 0 Å². The Labute approximate surface area is 179 Å². The molecule has 0 unspecified atom stereocenters. The highest BCUT2D eigenvalue weighted by molar-refractivity contribution is 5.81. The maximum absolute atomic E-state index is 2.35. The average molecular weight is 391 g/mol. The third-order valence-electron chi connectivity index (χ3n) is 5.95. The van der Waals surface area contributed by atoms with E-state index in [2.05, 4.69) is 121 Å². The third-order valence-corrected chi connectivity index (χ3v) is 5.95. The molecule has 0 radical (unpaired) electrons. The van der Waals surface area contributed by atoms with Gasteiger partial charge >= 0.3 is 0 Å². The lowest BCUT2D eigenvalue weighted by atomic mass is 9.98. The van der Waals surface area contributed by atoms with E-state index >= 15 is 0 Å². The van der Waals surface area contributed by atoms with Crippen LogP contribution in [0.3, 0.4) is 0 Å². The molecule has 2 heteroatoms. The summed E-state index contributed by atoms with van der Waals surface area (Å²) in [6, 6.07) is 35.3. The van der Waals surface area contributed by atoms with Gasteiger partial charge in [0.15, 0.2) is 0 Å². The topological polar surface area (TPSA) is 6.48 Å². The molecule has 0 aliphatic carbocycles. The van der Waals surface area contributed by atoms with Crippen molar-refractivity contribution in [3.8, 4) is 22.3 Å². The lowest BCUT2D eigenvalue weighted by Gasteiger charge is -2.26.